The minimum atomic E-state index is -0.251. The molecule has 148 valence electrons. The number of hydrogen-bond donors (Lipinski definition) is 2. The monoisotopic (exact) mass is 404 g/mol. The minimum absolute atomic E-state index is 0.00956. The van der Waals surface area contributed by atoms with Crippen LogP contribution in [0, 0.1) is 0 Å². The summed E-state index contributed by atoms with van der Waals surface area (Å²) in [6, 6.07) is 8.88. The maximum absolute atomic E-state index is 12.0. The van der Waals surface area contributed by atoms with Gasteiger partial charge in [0.1, 0.15) is 12.1 Å². The summed E-state index contributed by atoms with van der Waals surface area (Å²) >= 11 is 6.09. The van der Waals surface area contributed by atoms with Gasteiger partial charge in [-0.2, -0.15) is 0 Å². The minimum Gasteiger partial charge on any atom is -0.474 e. The summed E-state index contributed by atoms with van der Waals surface area (Å²) in [7, 11) is 0. The molecule has 0 saturated heterocycles. The van der Waals surface area contributed by atoms with Crippen LogP contribution < -0.4 is 14.8 Å². The van der Waals surface area contributed by atoms with Gasteiger partial charge in [0.2, 0.25) is 11.8 Å². The van der Waals surface area contributed by atoms with E-state index in [1.165, 1.54) is 0 Å². The van der Waals surface area contributed by atoms with Gasteiger partial charge in [0.25, 0.3) is 5.91 Å². The van der Waals surface area contributed by atoms with Crippen LogP contribution in [0.5, 0.6) is 11.8 Å². The first kappa shape index (κ1) is 19.9. The van der Waals surface area contributed by atoms with E-state index in [4.69, 9.17) is 26.2 Å². The van der Waals surface area contributed by atoms with Crippen molar-refractivity contribution in [3.05, 3.63) is 41.6 Å². The number of halogens is 1. The van der Waals surface area contributed by atoms with Gasteiger partial charge in [-0.05, 0) is 26.0 Å². The Kier molecular flexibility index (Phi) is 6.33. The molecule has 0 spiro atoms. The molecule has 1 aromatic carbocycles. The van der Waals surface area contributed by atoms with Gasteiger partial charge in [0.05, 0.1) is 18.5 Å². The molecule has 0 aliphatic carbocycles. The van der Waals surface area contributed by atoms with Crippen molar-refractivity contribution in [1.29, 1.82) is 0 Å². The highest BCUT2D eigenvalue weighted by molar-refractivity contribution is 6.30. The molecule has 0 saturated carbocycles. The molecule has 0 aliphatic heterocycles. The molecule has 3 rings (SSSR count). The molecular formula is C19H21ClN4O4. The number of amides is 1. The van der Waals surface area contributed by atoms with Crippen molar-refractivity contribution in [1.82, 2.24) is 19.9 Å². The lowest BCUT2D eigenvalue weighted by atomic mass is 10.2. The fraction of sp³-hybridized carbons (Fsp3) is 0.316. The van der Waals surface area contributed by atoms with Crippen LogP contribution in [0.4, 0.5) is 0 Å². The molecule has 2 heterocycles. The highest BCUT2D eigenvalue weighted by atomic mass is 35.5. The maximum atomic E-state index is 12.0. The van der Waals surface area contributed by atoms with Crippen LogP contribution in [0.25, 0.3) is 16.8 Å². The van der Waals surface area contributed by atoms with Gasteiger partial charge in [0.15, 0.2) is 6.61 Å². The quantitative estimate of drug-likeness (QED) is 0.598. The van der Waals surface area contributed by atoms with Crippen molar-refractivity contribution in [2.75, 3.05) is 19.8 Å². The van der Waals surface area contributed by atoms with Crippen molar-refractivity contribution in [3.8, 4) is 23.0 Å². The topological polar surface area (TPSA) is 98.0 Å². The number of aromatic nitrogens is 3. The second kappa shape index (κ2) is 8.90. The van der Waals surface area contributed by atoms with Crippen LogP contribution in [0.15, 0.2) is 36.5 Å². The van der Waals surface area contributed by atoms with Gasteiger partial charge in [-0.15, -0.1) is 5.10 Å². The molecular weight excluding hydrogens is 384 g/mol. The number of rotatable bonds is 8. The number of benzene rings is 1. The lowest BCUT2D eigenvalue weighted by molar-refractivity contribution is -0.123. The van der Waals surface area contributed by atoms with Crippen molar-refractivity contribution in [2.24, 2.45) is 0 Å². The van der Waals surface area contributed by atoms with E-state index < -0.39 is 0 Å². The van der Waals surface area contributed by atoms with E-state index in [1.54, 1.807) is 28.9 Å². The zero-order chi connectivity index (χ0) is 20.1. The average molecular weight is 405 g/mol. The summed E-state index contributed by atoms with van der Waals surface area (Å²) in [5.41, 5.74) is 1.89. The molecule has 8 nitrogen and oxygen atoms in total. The van der Waals surface area contributed by atoms with E-state index in [0.29, 0.717) is 22.1 Å². The number of hydrogen-bond acceptors (Lipinski definition) is 6. The van der Waals surface area contributed by atoms with Crippen molar-refractivity contribution in [3.63, 3.8) is 0 Å². The Morgan fingerprint density at radius 3 is 2.86 bits per heavy atom. The first-order valence-corrected chi connectivity index (χ1v) is 9.16. The standard InChI is InChI=1S/C19H21ClN4O4/c1-12(2)21-17(26)11-28-19-16-9-18(27-7-6-25)23-24(16)10-15(22-19)13-4-3-5-14(20)8-13/h3-5,8-10,12,25H,6-7,11H2,1-2H3,(H,21,26). The Labute approximate surface area is 167 Å². The van der Waals surface area contributed by atoms with E-state index in [2.05, 4.69) is 15.4 Å². The molecule has 0 fully saturated rings. The van der Waals surface area contributed by atoms with Crippen LogP contribution in [-0.2, 0) is 4.79 Å². The van der Waals surface area contributed by atoms with E-state index >= 15 is 0 Å². The Bertz CT molecular complexity index is 974. The number of ether oxygens (including phenoxy) is 2. The summed E-state index contributed by atoms with van der Waals surface area (Å²) in [4.78, 5) is 16.5. The average Bonchev–Trinajstić information content (AvgIpc) is 3.06. The van der Waals surface area contributed by atoms with Gasteiger partial charge in [-0.1, -0.05) is 23.7 Å². The Morgan fingerprint density at radius 2 is 2.14 bits per heavy atom. The van der Waals surface area contributed by atoms with Crippen LogP contribution in [0.1, 0.15) is 13.8 Å². The molecule has 28 heavy (non-hydrogen) atoms. The molecule has 0 atom stereocenters. The summed E-state index contributed by atoms with van der Waals surface area (Å²) in [5, 5.41) is 16.6. The van der Waals surface area contributed by atoms with Crippen molar-refractivity contribution < 1.29 is 19.4 Å². The molecule has 3 aromatic rings. The van der Waals surface area contributed by atoms with Crippen LogP contribution in [0.3, 0.4) is 0 Å². The zero-order valence-electron chi connectivity index (χ0n) is 15.6. The Hall–Kier alpha value is -2.84. The predicted octanol–water partition coefficient (Wildman–Crippen LogP) is 2.32. The molecule has 9 heteroatoms. The maximum Gasteiger partial charge on any atom is 0.258 e. The molecule has 0 bridgehead atoms. The third-order valence-electron chi connectivity index (χ3n) is 3.65. The second-order valence-corrected chi connectivity index (χ2v) is 6.77. The Morgan fingerprint density at radius 1 is 1.32 bits per heavy atom. The van der Waals surface area contributed by atoms with Crippen LogP contribution in [0.2, 0.25) is 5.02 Å². The van der Waals surface area contributed by atoms with E-state index in [0.717, 1.165) is 5.56 Å². The third-order valence-corrected chi connectivity index (χ3v) is 3.89. The van der Waals surface area contributed by atoms with Crippen LogP contribution >= 0.6 is 11.6 Å². The fourth-order valence-corrected chi connectivity index (χ4v) is 2.74. The normalized spacial score (nSPS) is 11.0. The van der Waals surface area contributed by atoms with Gasteiger partial charge in [0, 0.05) is 22.7 Å². The summed E-state index contributed by atoms with van der Waals surface area (Å²) < 4.78 is 12.6. The van der Waals surface area contributed by atoms with Gasteiger partial charge >= 0.3 is 0 Å². The van der Waals surface area contributed by atoms with Gasteiger partial charge < -0.3 is 19.9 Å². The lowest BCUT2D eigenvalue weighted by Crippen LogP contribution is -2.34. The van der Waals surface area contributed by atoms with Crippen molar-refractivity contribution >= 4 is 23.0 Å². The molecule has 2 N–H and O–H groups in total. The summed E-state index contributed by atoms with van der Waals surface area (Å²) in [5.74, 6) is 0.303. The molecule has 1 amide bonds. The van der Waals surface area contributed by atoms with E-state index in [9.17, 15) is 4.79 Å². The SMILES string of the molecule is CC(C)NC(=O)COc1nc(-c2cccc(Cl)c2)cn2nc(OCCO)cc12. The highest BCUT2D eigenvalue weighted by Gasteiger charge is 2.15. The number of carbonyl (C=O) groups is 1. The summed E-state index contributed by atoms with van der Waals surface area (Å²) in [6.45, 7) is 3.55. The van der Waals surface area contributed by atoms with E-state index in [1.807, 2.05) is 26.0 Å². The highest BCUT2D eigenvalue weighted by Crippen LogP contribution is 2.28. The molecule has 2 aromatic heterocycles. The number of aliphatic hydroxyl groups is 1. The van der Waals surface area contributed by atoms with Crippen LogP contribution in [-0.4, -0.2) is 51.5 Å². The largest absolute Gasteiger partial charge is 0.474 e. The molecule has 0 aliphatic rings. The van der Waals surface area contributed by atoms with Gasteiger partial charge in [-0.3, -0.25) is 4.79 Å². The predicted molar refractivity (Wildman–Crippen MR) is 105 cm³/mol. The zero-order valence-corrected chi connectivity index (χ0v) is 16.3. The summed E-state index contributed by atoms with van der Waals surface area (Å²) in [6.07, 6.45) is 1.72. The smallest absolute Gasteiger partial charge is 0.258 e. The third kappa shape index (κ3) is 4.90. The number of carbonyl (C=O) groups excluding carboxylic acids is 1. The Balaban J connectivity index is 1.97. The molecule has 0 unspecified atom stereocenters. The first-order valence-electron chi connectivity index (χ1n) is 8.78. The number of nitrogens with one attached hydrogen (secondary N) is 1. The first-order chi connectivity index (χ1) is 13.5. The number of aliphatic hydroxyl groups excluding tert-OH is 1. The molecule has 0 radical (unpaired) electrons. The second-order valence-electron chi connectivity index (χ2n) is 6.34. The van der Waals surface area contributed by atoms with Gasteiger partial charge in [-0.25, -0.2) is 9.50 Å². The number of fused-ring (bicyclic) bond motifs is 1. The number of nitrogens with zero attached hydrogens (tertiary/aromatic N) is 3. The van der Waals surface area contributed by atoms with E-state index in [-0.39, 0.29) is 37.6 Å². The van der Waals surface area contributed by atoms with Crippen molar-refractivity contribution in [2.45, 2.75) is 19.9 Å². The fourth-order valence-electron chi connectivity index (χ4n) is 2.55. The lowest BCUT2D eigenvalue weighted by Gasteiger charge is -2.11.